The first-order valence-corrected chi connectivity index (χ1v) is 6.93. The molecule has 1 amide bonds. The van der Waals surface area contributed by atoms with E-state index in [0.29, 0.717) is 24.3 Å². The van der Waals surface area contributed by atoms with Crippen LogP contribution in [0.2, 0.25) is 0 Å². The number of carbonyl (C=O) groups excluding carboxylic acids is 1. The van der Waals surface area contributed by atoms with Crippen molar-refractivity contribution in [1.82, 2.24) is 4.90 Å². The minimum Gasteiger partial charge on any atom is -0.326 e. The highest BCUT2D eigenvalue weighted by Gasteiger charge is 2.20. The van der Waals surface area contributed by atoms with E-state index in [0.717, 1.165) is 12.8 Å². The van der Waals surface area contributed by atoms with Gasteiger partial charge in [-0.15, -0.1) is 0 Å². The summed E-state index contributed by atoms with van der Waals surface area (Å²) < 4.78 is 32.9. The van der Waals surface area contributed by atoms with Crippen LogP contribution in [-0.2, 0) is 17.6 Å². The van der Waals surface area contributed by atoms with E-state index in [1.807, 2.05) is 13.8 Å². The summed E-state index contributed by atoms with van der Waals surface area (Å²) >= 11 is 0. The van der Waals surface area contributed by atoms with E-state index in [1.165, 1.54) is 0 Å². The minimum atomic E-state index is -2.11. The summed E-state index contributed by atoms with van der Waals surface area (Å²) in [4.78, 5) is 13.6. The Balaban J connectivity index is 2.34. The maximum atomic E-state index is 11.8. The Morgan fingerprint density at radius 2 is 2.11 bits per heavy atom. The molecule has 19 heavy (non-hydrogen) atoms. The molecule has 3 heteroatoms. The summed E-state index contributed by atoms with van der Waals surface area (Å²) in [7, 11) is 0. The zero-order valence-electron chi connectivity index (χ0n) is 15.6. The SMILES string of the molecule is [2H]C1([2H])C(=O)Nc2cccc(CC([2H])([2H])N(CCC)CCC)c21. The number of carbonyl (C=O) groups is 1. The molecule has 3 nitrogen and oxygen atoms in total. The molecular weight excluding hydrogens is 236 g/mol. The Morgan fingerprint density at radius 1 is 1.37 bits per heavy atom. The number of aryl methyl sites for hydroxylation is 1. The van der Waals surface area contributed by atoms with E-state index in [-0.39, 0.29) is 12.0 Å². The van der Waals surface area contributed by atoms with Crippen molar-refractivity contribution in [1.29, 1.82) is 0 Å². The van der Waals surface area contributed by atoms with E-state index >= 15 is 0 Å². The Labute approximate surface area is 121 Å². The first kappa shape index (κ1) is 9.54. The van der Waals surface area contributed by atoms with E-state index in [9.17, 15) is 4.79 Å². The molecule has 0 bridgehead atoms. The maximum Gasteiger partial charge on any atom is 0.228 e. The Bertz CT molecular complexity index is 583. The molecule has 1 aromatic rings. The number of amides is 1. The Kier molecular flexibility index (Phi) is 3.37. The second-order valence-corrected chi connectivity index (χ2v) is 4.74. The summed E-state index contributed by atoms with van der Waals surface area (Å²) in [6.07, 6.45) is -0.340. The van der Waals surface area contributed by atoms with Gasteiger partial charge in [0.1, 0.15) is 0 Å². The van der Waals surface area contributed by atoms with Crippen LogP contribution >= 0.6 is 0 Å². The van der Waals surface area contributed by atoms with Gasteiger partial charge >= 0.3 is 0 Å². The van der Waals surface area contributed by atoms with E-state index in [2.05, 4.69) is 5.32 Å². The van der Waals surface area contributed by atoms with Crippen molar-refractivity contribution < 1.29 is 10.3 Å². The summed E-state index contributed by atoms with van der Waals surface area (Å²) in [5, 5.41) is 2.54. The molecule has 0 saturated heterocycles. The van der Waals surface area contributed by atoms with Crippen molar-refractivity contribution in [2.75, 3.05) is 24.9 Å². The number of nitrogens with one attached hydrogen (secondary N) is 1. The monoisotopic (exact) mass is 264 g/mol. The van der Waals surface area contributed by atoms with Crippen LogP contribution in [0, 0.1) is 0 Å². The van der Waals surface area contributed by atoms with Crippen LogP contribution < -0.4 is 5.32 Å². The van der Waals surface area contributed by atoms with E-state index in [1.54, 1.807) is 23.1 Å². The van der Waals surface area contributed by atoms with Crippen molar-refractivity contribution >= 4 is 11.6 Å². The molecule has 1 aliphatic rings. The van der Waals surface area contributed by atoms with Gasteiger partial charge < -0.3 is 10.2 Å². The van der Waals surface area contributed by atoms with Crippen molar-refractivity contribution in [3.05, 3.63) is 29.3 Å². The van der Waals surface area contributed by atoms with Crippen molar-refractivity contribution in [3.63, 3.8) is 0 Å². The quantitative estimate of drug-likeness (QED) is 0.821. The average molecular weight is 264 g/mol. The van der Waals surface area contributed by atoms with Crippen LogP contribution in [0.3, 0.4) is 0 Å². The maximum absolute atomic E-state index is 11.8. The number of hydrogen-bond donors (Lipinski definition) is 1. The molecule has 1 N–H and O–H groups in total. The van der Waals surface area contributed by atoms with E-state index < -0.39 is 18.8 Å². The molecule has 0 atom stereocenters. The molecule has 0 fully saturated rings. The number of hydrogen-bond acceptors (Lipinski definition) is 2. The largest absolute Gasteiger partial charge is 0.326 e. The van der Waals surface area contributed by atoms with Crippen LogP contribution in [-0.4, -0.2) is 30.4 Å². The highest BCUT2D eigenvalue weighted by atomic mass is 16.1. The van der Waals surface area contributed by atoms with Crippen LogP contribution in [0.15, 0.2) is 18.2 Å². The smallest absolute Gasteiger partial charge is 0.228 e. The third kappa shape index (κ3) is 3.57. The van der Waals surface area contributed by atoms with Gasteiger partial charge in [-0.3, -0.25) is 4.79 Å². The highest BCUT2D eigenvalue weighted by molar-refractivity contribution is 5.99. The fourth-order valence-electron chi connectivity index (χ4n) is 2.27. The summed E-state index contributed by atoms with van der Waals surface area (Å²) in [5.41, 5.74) is 1.28. The molecule has 1 heterocycles. The number of anilines is 1. The van der Waals surface area contributed by atoms with Crippen molar-refractivity contribution in [2.24, 2.45) is 0 Å². The zero-order valence-corrected chi connectivity index (χ0v) is 11.6. The van der Waals surface area contributed by atoms with Gasteiger partial charge in [0.2, 0.25) is 5.91 Å². The lowest BCUT2D eigenvalue weighted by Crippen LogP contribution is -2.28. The zero-order chi connectivity index (χ0) is 17.3. The number of rotatable bonds is 7. The molecule has 0 saturated carbocycles. The van der Waals surface area contributed by atoms with Gasteiger partial charge in [0.25, 0.3) is 0 Å². The summed E-state index contributed by atoms with van der Waals surface area (Å²) in [6, 6.07) is 5.10. The normalized spacial score (nSPS) is 20.3. The van der Waals surface area contributed by atoms with Gasteiger partial charge in [0.05, 0.1) is 6.37 Å². The van der Waals surface area contributed by atoms with Crippen LogP contribution in [0.25, 0.3) is 0 Å². The lowest BCUT2D eigenvalue weighted by molar-refractivity contribution is -0.115. The predicted molar refractivity (Wildman–Crippen MR) is 79.5 cm³/mol. The first-order chi connectivity index (χ1) is 10.7. The minimum absolute atomic E-state index is 0.0602. The predicted octanol–water partition coefficient (Wildman–Crippen LogP) is 2.85. The third-order valence-electron chi connectivity index (χ3n) is 3.12. The first-order valence-electron chi connectivity index (χ1n) is 8.93. The fraction of sp³-hybridized carbons (Fsp3) is 0.562. The molecule has 0 aromatic heterocycles. The molecule has 0 radical (unpaired) electrons. The number of benzene rings is 1. The molecule has 1 aromatic carbocycles. The van der Waals surface area contributed by atoms with Crippen molar-refractivity contribution in [3.8, 4) is 0 Å². The molecular formula is C16H24N2O. The summed E-state index contributed by atoms with van der Waals surface area (Å²) in [6.45, 7) is 3.75. The van der Waals surface area contributed by atoms with E-state index in [4.69, 9.17) is 5.48 Å². The molecule has 1 aliphatic heterocycles. The number of nitrogens with zero attached hydrogens (tertiary/aromatic N) is 1. The Morgan fingerprint density at radius 3 is 2.79 bits per heavy atom. The van der Waals surface area contributed by atoms with Crippen molar-refractivity contribution in [2.45, 2.75) is 39.5 Å². The highest BCUT2D eigenvalue weighted by Crippen LogP contribution is 2.26. The molecule has 104 valence electrons. The van der Waals surface area contributed by atoms with Gasteiger partial charge in [-0.2, -0.15) is 0 Å². The number of fused-ring (bicyclic) bond motifs is 1. The Hall–Kier alpha value is -1.35. The van der Waals surface area contributed by atoms with Crippen LogP contribution in [0.1, 0.15) is 43.3 Å². The lowest BCUT2D eigenvalue weighted by atomic mass is 10.0. The van der Waals surface area contributed by atoms with Gasteiger partial charge in [0.15, 0.2) is 0 Å². The van der Waals surface area contributed by atoms with Gasteiger partial charge in [-0.05, 0) is 49.5 Å². The second-order valence-electron chi connectivity index (χ2n) is 4.74. The average Bonchev–Trinajstić information content (AvgIpc) is 2.69. The topological polar surface area (TPSA) is 32.3 Å². The fourth-order valence-corrected chi connectivity index (χ4v) is 2.27. The van der Waals surface area contributed by atoms with Crippen LogP contribution in [0.5, 0.6) is 0 Å². The van der Waals surface area contributed by atoms with Crippen LogP contribution in [0.4, 0.5) is 5.69 Å². The lowest BCUT2D eigenvalue weighted by Gasteiger charge is -2.21. The summed E-state index contributed by atoms with van der Waals surface area (Å²) in [5.74, 6) is -0.681. The molecule has 0 aliphatic carbocycles. The molecule has 0 spiro atoms. The van der Waals surface area contributed by atoms with Gasteiger partial charge in [-0.25, -0.2) is 0 Å². The third-order valence-corrected chi connectivity index (χ3v) is 3.12. The molecule has 2 rings (SSSR count). The van der Waals surface area contributed by atoms with Gasteiger partial charge in [0, 0.05) is 17.7 Å². The standard InChI is InChI=1S/C16H24N2O/c1-3-9-18(10-4-2)11-8-13-6-5-7-15-14(13)12-16(19)17-15/h5-7H,3-4,8-12H2,1-2H3,(H,17,19)/i11D2,12D2. The second kappa shape index (κ2) is 6.71. The molecule has 0 unspecified atom stereocenters. The van der Waals surface area contributed by atoms with Gasteiger partial charge in [-0.1, -0.05) is 26.0 Å².